The lowest BCUT2D eigenvalue weighted by atomic mass is 10.1. The highest BCUT2D eigenvalue weighted by molar-refractivity contribution is 9.10. The van der Waals surface area contributed by atoms with Crippen LogP contribution in [0.2, 0.25) is 5.02 Å². The van der Waals surface area contributed by atoms with Gasteiger partial charge in [0.1, 0.15) is 6.04 Å². The molecule has 0 radical (unpaired) electrons. The first-order chi connectivity index (χ1) is 7.19. The van der Waals surface area contributed by atoms with Crippen LogP contribution in [0.3, 0.4) is 0 Å². The van der Waals surface area contributed by atoms with Crippen molar-refractivity contribution in [2.24, 2.45) is 0 Å². The van der Waals surface area contributed by atoms with Gasteiger partial charge < -0.3 is 0 Å². The number of hydrogen-bond acceptors (Lipinski definition) is 2. The maximum Gasteiger partial charge on any atom is 0.121 e. The first kappa shape index (κ1) is 12.3. The minimum atomic E-state index is -0.337. The number of nitriles is 1. The van der Waals surface area contributed by atoms with E-state index in [-0.39, 0.29) is 6.04 Å². The first-order valence-corrected chi connectivity index (χ1v) is 5.55. The van der Waals surface area contributed by atoms with Crippen molar-refractivity contribution in [3.63, 3.8) is 0 Å². The van der Waals surface area contributed by atoms with Gasteiger partial charge in [-0.2, -0.15) is 5.26 Å². The summed E-state index contributed by atoms with van der Waals surface area (Å²) in [6.07, 6.45) is 1.72. The standard InChI is InChI=1S/C11H10BrClN2/c1-2-5-15-11(7-14)8-3-4-10(13)9(12)6-8/h2-4,6,11,15H,1,5H2. The van der Waals surface area contributed by atoms with Crippen molar-refractivity contribution in [3.05, 3.63) is 45.9 Å². The smallest absolute Gasteiger partial charge is 0.121 e. The largest absolute Gasteiger partial charge is 0.295 e. The van der Waals surface area contributed by atoms with E-state index in [1.54, 1.807) is 12.1 Å². The Bertz CT molecular complexity index is 398. The molecule has 0 saturated heterocycles. The fourth-order valence-electron chi connectivity index (χ4n) is 1.13. The van der Waals surface area contributed by atoms with Gasteiger partial charge in [0.25, 0.3) is 0 Å². The molecule has 1 N–H and O–H groups in total. The predicted molar refractivity (Wildman–Crippen MR) is 65.7 cm³/mol. The molecule has 0 spiro atoms. The topological polar surface area (TPSA) is 35.8 Å². The van der Waals surface area contributed by atoms with E-state index in [1.165, 1.54) is 0 Å². The van der Waals surface area contributed by atoms with Crippen molar-refractivity contribution in [1.29, 1.82) is 5.26 Å². The Morgan fingerprint density at radius 3 is 2.93 bits per heavy atom. The summed E-state index contributed by atoms with van der Waals surface area (Å²) in [4.78, 5) is 0. The van der Waals surface area contributed by atoms with Gasteiger partial charge in [0.2, 0.25) is 0 Å². The normalized spacial score (nSPS) is 11.8. The second-order valence-corrected chi connectivity index (χ2v) is 4.19. The number of halogens is 2. The van der Waals surface area contributed by atoms with Crippen LogP contribution in [0.25, 0.3) is 0 Å². The Balaban J connectivity index is 2.88. The van der Waals surface area contributed by atoms with Gasteiger partial charge >= 0.3 is 0 Å². The molecule has 0 heterocycles. The summed E-state index contributed by atoms with van der Waals surface area (Å²) in [6.45, 7) is 4.19. The van der Waals surface area contributed by atoms with Crippen molar-refractivity contribution in [3.8, 4) is 6.07 Å². The fraction of sp³-hybridized carbons (Fsp3) is 0.182. The van der Waals surface area contributed by atoms with Gasteiger partial charge in [-0.3, -0.25) is 5.32 Å². The van der Waals surface area contributed by atoms with Crippen LogP contribution in [0.4, 0.5) is 0 Å². The van der Waals surface area contributed by atoms with Crippen molar-refractivity contribution >= 4 is 27.5 Å². The molecule has 4 heteroatoms. The maximum absolute atomic E-state index is 8.97. The molecule has 0 saturated carbocycles. The van der Waals surface area contributed by atoms with Crippen molar-refractivity contribution in [2.75, 3.05) is 6.54 Å². The molecular weight excluding hydrogens is 275 g/mol. The van der Waals surface area contributed by atoms with Gasteiger partial charge in [0.05, 0.1) is 11.1 Å². The molecule has 1 unspecified atom stereocenters. The SMILES string of the molecule is C=CCNC(C#N)c1ccc(Cl)c(Br)c1. The molecule has 0 amide bonds. The number of hydrogen-bond donors (Lipinski definition) is 1. The lowest BCUT2D eigenvalue weighted by molar-refractivity contribution is 0.683. The first-order valence-electron chi connectivity index (χ1n) is 4.38. The average Bonchev–Trinajstić information content (AvgIpc) is 2.24. The average molecular weight is 286 g/mol. The van der Waals surface area contributed by atoms with Crippen molar-refractivity contribution in [2.45, 2.75) is 6.04 Å². The minimum absolute atomic E-state index is 0.337. The van der Waals surface area contributed by atoms with E-state index >= 15 is 0 Å². The van der Waals surface area contributed by atoms with Gasteiger partial charge in [-0.1, -0.05) is 23.7 Å². The third kappa shape index (κ3) is 3.35. The van der Waals surface area contributed by atoms with Crippen LogP contribution in [0.5, 0.6) is 0 Å². The molecule has 15 heavy (non-hydrogen) atoms. The highest BCUT2D eigenvalue weighted by Gasteiger charge is 2.09. The highest BCUT2D eigenvalue weighted by atomic mass is 79.9. The van der Waals surface area contributed by atoms with Crippen LogP contribution < -0.4 is 5.32 Å². The van der Waals surface area contributed by atoms with Crippen molar-refractivity contribution < 1.29 is 0 Å². The predicted octanol–water partition coefficient (Wildman–Crippen LogP) is 3.44. The molecule has 0 aliphatic heterocycles. The van der Waals surface area contributed by atoms with Gasteiger partial charge in [-0.05, 0) is 33.6 Å². The van der Waals surface area contributed by atoms with E-state index in [2.05, 4.69) is 33.9 Å². The fourth-order valence-corrected chi connectivity index (χ4v) is 1.65. The van der Waals surface area contributed by atoms with Gasteiger partial charge in [-0.15, -0.1) is 6.58 Å². The Labute approximate surface area is 103 Å². The minimum Gasteiger partial charge on any atom is -0.295 e. The highest BCUT2D eigenvalue weighted by Crippen LogP contribution is 2.25. The molecule has 78 valence electrons. The summed E-state index contributed by atoms with van der Waals surface area (Å²) in [5.41, 5.74) is 0.885. The maximum atomic E-state index is 8.97. The number of rotatable bonds is 4. The van der Waals surface area contributed by atoms with Crippen LogP contribution in [0.15, 0.2) is 35.3 Å². The van der Waals surface area contributed by atoms with E-state index in [4.69, 9.17) is 16.9 Å². The molecule has 1 aromatic rings. The number of benzene rings is 1. The summed E-state index contributed by atoms with van der Waals surface area (Å²) < 4.78 is 0.794. The molecule has 0 fully saturated rings. The second kappa shape index (κ2) is 5.92. The van der Waals surface area contributed by atoms with Crippen LogP contribution in [0.1, 0.15) is 11.6 Å². The van der Waals surface area contributed by atoms with Crippen LogP contribution in [0, 0.1) is 11.3 Å². The zero-order valence-electron chi connectivity index (χ0n) is 8.00. The lowest BCUT2D eigenvalue weighted by Crippen LogP contribution is -2.19. The van der Waals surface area contributed by atoms with E-state index in [9.17, 15) is 0 Å². The molecule has 1 aromatic carbocycles. The molecule has 0 aliphatic carbocycles. The van der Waals surface area contributed by atoms with Crippen molar-refractivity contribution in [1.82, 2.24) is 5.32 Å². The number of nitrogens with zero attached hydrogens (tertiary/aromatic N) is 1. The lowest BCUT2D eigenvalue weighted by Gasteiger charge is -2.10. The Hall–Kier alpha value is -0.820. The molecule has 0 aromatic heterocycles. The molecule has 2 nitrogen and oxygen atoms in total. The summed E-state index contributed by atoms with van der Waals surface area (Å²) in [5, 5.41) is 12.6. The van der Waals surface area contributed by atoms with Gasteiger partial charge in [-0.25, -0.2) is 0 Å². The zero-order valence-corrected chi connectivity index (χ0v) is 10.3. The van der Waals surface area contributed by atoms with Crippen LogP contribution in [-0.4, -0.2) is 6.54 Å². The third-order valence-corrected chi connectivity index (χ3v) is 3.09. The van der Waals surface area contributed by atoms with Crippen LogP contribution in [-0.2, 0) is 0 Å². The molecule has 1 rings (SSSR count). The van der Waals surface area contributed by atoms with E-state index in [0.29, 0.717) is 11.6 Å². The van der Waals surface area contributed by atoms with E-state index in [0.717, 1.165) is 10.0 Å². The summed E-state index contributed by atoms with van der Waals surface area (Å²) >= 11 is 9.19. The second-order valence-electron chi connectivity index (χ2n) is 2.93. The molecule has 0 bridgehead atoms. The zero-order chi connectivity index (χ0) is 11.3. The Morgan fingerprint density at radius 1 is 1.67 bits per heavy atom. The number of nitrogens with one attached hydrogen (secondary N) is 1. The van der Waals surface area contributed by atoms with E-state index < -0.39 is 0 Å². The van der Waals surface area contributed by atoms with Gasteiger partial charge in [0, 0.05) is 11.0 Å². The Kier molecular flexibility index (Phi) is 4.83. The van der Waals surface area contributed by atoms with E-state index in [1.807, 2.05) is 12.1 Å². The summed E-state index contributed by atoms with van der Waals surface area (Å²) in [5.74, 6) is 0. The quantitative estimate of drug-likeness (QED) is 0.860. The molecule has 0 aliphatic rings. The molecular formula is C11H10BrClN2. The molecule has 1 atom stereocenters. The summed E-state index contributed by atoms with van der Waals surface area (Å²) in [6, 6.07) is 7.28. The van der Waals surface area contributed by atoms with Crippen LogP contribution >= 0.6 is 27.5 Å². The Morgan fingerprint density at radius 2 is 2.40 bits per heavy atom. The third-order valence-electron chi connectivity index (χ3n) is 1.87. The summed E-state index contributed by atoms with van der Waals surface area (Å²) in [7, 11) is 0. The van der Waals surface area contributed by atoms with Gasteiger partial charge in [0.15, 0.2) is 0 Å². The monoisotopic (exact) mass is 284 g/mol.